The summed E-state index contributed by atoms with van der Waals surface area (Å²) in [7, 11) is 0. The molecule has 0 aliphatic carbocycles. The maximum atomic E-state index is 11.0. The molecule has 1 aliphatic heterocycles. The number of aryl methyl sites for hydroxylation is 2. The third-order valence-corrected chi connectivity index (χ3v) is 3.28. The molecule has 0 radical (unpaired) electrons. The van der Waals surface area contributed by atoms with Gasteiger partial charge in [-0.2, -0.15) is 11.8 Å². The van der Waals surface area contributed by atoms with Crippen molar-refractivity contribution >= 4 is 17.7 Å². The molecule has 4 heteroatoms. The molecule has 1 N–H and O–H groups in total. The molecule has 74 valence electrons. The Labute approximate surface area is 86.5 Å². The van der Waals surface area contributed by atoms with E-state index < -0.39 is 5.97 Å². The van der Waals surface area contributed by atoms with Crippen molar-refractivity contribution in [2.45, 2.75) is 19.1 Å². The Balaban J connectivity index is 2.58. The molecule has 0 amide bonds. The van der Waals surface area contributed by atoms with Gasteiger partial charge < -0.3 is 5.11 Å². The van der Waals surface area contributed by atoms with Gasteiger partial charge in [-0.25, -0.2) is 4.79 Å². The lowest BCUT2D eigenvalue weighted by Gasteiger charge is -2.17. The monoisotopic (exact) mass is 209 g/mol. The van der Waals surface area contributed by atoms with Crippen LogP contribution in [0.3, 0.4) is 0 Å². The normalized spacial score (nSPS) is 14.9. The Morgan fingerprint density at radius 1 is 1.64 bits per heavy atom. The van der Waals surface area contributed by atoms with Gasteiger partial charge in [-0.05, 0) is 30.7 Å². The molecule has 0 bridgehead atoms. The molecule has 0 spiro atoms. The number of carbonyl (C=O) groups is 1. The molecule has 0 atom stereocenters. The molecule has 14 heavy (non-hydrogen) atoms. The van der Waals surface area contributed by atoms with Crippen molar-refractivity contribution in [2.24, 2.45) is 0 Å². The highest BCUT2D eigenvalue weighted by Gasteiger charge is 2.19. The van der Waals surface area contributed by atoms with Gasteiger partial charge >= 0.3 is 5.97 Å². The number of pyridine rings is 1. The number of nitrogens with zero attached hydrogens (tertiary/aromatic N) is 1. The van der Waals surface area contributed by atoms with Crippen LogP contribution in [0.5, 0.6) is 0 Å². The van der Waals surface area contributed by atoms with Gasteiger partial charge in [0.15, 0.2) is 0 Å². The maximum Gasteiger partial charge on any atom is 0.336 e. The van der Waals surface area contributed by atoms with Crippen molar-refractivity contribution in [2.75, 3.05) is 5.75 Å². The number of hydrogen-bond acceptors (Lipinski definition) is 3. The van der Waals surface area contributed by atoms with E-state index >= 15 is 0 Å². The van der Waals surface area contributed by atoms with E-state index in [1.165, 1.54) is 0 Å². The minimum absolute atomic E-state index is 0.430. The lowest BCUT2D eigenvalue weighted by atomic mass is 10.0. The van der Waals surface area contributed by atoms with E-state index in [2.05, 4.69) is 4.98 Å². The highest BCUT2D eigenvalue weighted by atomic mass is 32.2. The average molecular weight is 209 g/mol. The summed E-state index contributed by atoms with van der Waals surface area (Å²) in [5.41, 5.74) is 3.12. The Hall–Kier alpha value is -1.03. The molecular formula is C10H11NO2S. The van der Waals surface area contributed by atoms with E-state index in [9.17, 15) is 4.79 Å². The summed E-state index contributed by atoms with van der Waals surface area (Å²) in [4.78, 5) is 15.4. The Kier molecular flexibility index (Phi) is 2.46. The largest absolute Gasteiger partial charge is 0.478 e. The van der Waals surface area contributed by atoms with Gasteiger partial charge in [0, 0.05) is 17.1 Å². The summed E-state index contributed by atoms with van der Waals surface area (Å²) in [6.07, 6.45) is 0.891. The highest BCUT2D eigenvalue weighted by Crippen LogP contribution is 2.26. The van der Waals surface area contributed by atoms with E-state index in [0.29, 0.717) is 5.56 Å². The van der Waals surface area contributed by atoms with Crippen LogP contribution >= 0.6 is 11.8 Å². The number of hydrogen-bond donors (Lipinski definition) is 1. The Morgan fingerprint density at radius 2 is 2.43 bits per heavy atom. The topological polar surface area (TPSA) is 50.2 Å². The maximum absolute atomic E-state index is 11.0. The molecule has 1 aliphatic rings. The molecule has 3 nitrogen and oxygen atoms in total. The van der Waals surface area contributed by atoms with Gasteiger partial charge in [-0.3, -0.25) is 4.98 Å². The molecule has 0 saturated carbocycles. The van der Waals surface area contributed by atoms with Gasteiger partial charge in [0.2, 0.25) is 0 Å². The molecule has 2 rings (SSSR count). The van der Waals surface area contributed by atoms with Crippen molar-refractivity contribution < 1.29 is 9.90 Å². The van der Waals surface area contributed by atoms with Gasteiger partial charge in [-0.15, -0.1) is 0 Å². The van der Waals surface area contributed by atoms with Crippen LogP contribution in [0.15, 0.2) is 6.07 Å². The quantitative estimate of drug-likeness (QED) is 0.767. The second-order valence-corrected chi connectivity index (χ2v) is 4.45. The van der Waals surface area contributed by atoms with Gasteiger partial charge in [0.1, 0.15) is 0 Å². The van der Waals surface area contributed by atoms with Crippen LogP contribution in [0, 0.1) is 6.92 Å². The van der Waals surface area contributed by atoms with Crippen molar-refractivity contribution in [3.63, 3.8) is 0 Å². The second-order valence-electron chi connectivity index (χ2n) is 3.34. The Morgan fingerprint density at radius 3 is 3.14 bits per heavy atom. The summed E-state index contributed by atoms with van der Waals surface area (Å²) in [5.74, 6) is 0.987. The molecule has 1 aromatic heterocycles. The van der Waals surface area contributed by atoms with E-state index in [-0.39, 0.29) is 0 Å². The summed E-state index contributed by atoms with van der Waals surface area (Å²) < 4.78 is 0. The van der Waals surface area contributed by atoms with Crippen LogP contribution in [0.4, 0.5) is 0 Å². The zero-order valence-electron chi connectivity index (χ0n) is 7.91. The van der Waals surface area contributed by atoms with E-state index in [0.717, 1.165) is 34.9 Å². The zero-order chi connectivity index (χ0) is 10.1. The van der Waals surface area contributed by atoms with Crippen molar-refractivity contribution in [1.82, 2.24) is 4.98 Å². The number of aromatic nitrogens is 1. The minimum Gasteiger partial charge on any atom is -0.478 e. The second kappa shape index (κ2) is 3.61. The summed E-state index contributed by atoms with van der Waals surface area (Å²) in [6, 6.07) is 1.66. The number of carboxylic acids is 1. The molecule has 0 aromatic carbocycles. The van der Waals surface area contributed by atoms with Crippen LogP contribution < -0.4 is 0 Å². The first kappa shape index (κ1) is 9.52. The van der Waals surface area contributed by atoms with Gasteiger partial charge in [-0.1, -0.05) is 0 Å². The first-order valence-corrected chi connectivity index (χ1v) is 5.64. The lowest BCUT2D eigenvalue weighted by molar-refractivity contribution is 0.0695. The molecule has 0 fully saturated rings. The number of fused-ring (bicyclic) bond motifs is 1. The fourth-order valence-corrected chi connectivity index (χ4v) is 2.67. The summed E-state index contributed by atoms with van der Waals surface area (Å²) in [6.45, 7) is 1.84. The standard InChI is InChI=1S/C10H11NO2S/c1-6-4-7(10(12)13)8-5-14-3-2-9(8)11-6/h4H,2-3,5H2,1H3,(H,12,13). The third-order valence-electron chi connectivity index (χ3n) is 2.30. The van der Waals surface area contributed by atoms with Crippen LogP contribution in [0.1, 0.15) is 27.3 Å². The highest BCUT2D eigenvalue weighted by molar-refractivity contribution is 7.98. The smallest absolute Gasteiger partial charge is 0.336 e. The fraction of sp³-hybridized carbons (Fsp3) is 0.400. The third kappa shape index (κ3) is 1.62. The van der Waals surface area contributed by atoms with Crippen molar-refractivity contribution in [1.29, 1.82) is 0 Å². The average Bonchev–Trinajstić information content (AvgIpc) is 2.16. The lowest BCUT2D eigenvalue weighted by Crippen LogP contribution is -2.12. The van der Waals surface area contributed by atoms with Crippen LogP contribution in [-0.4, -0.2) is 21.8 Å². The molecule has 2 heterocycles. The Bertz CT molecular complexity index is 390. The van der Waals surface area contributed by atoms with E-state index in [1.54, 1.807) is 17.8 Å². The summed E-state index contributed by atoms with van der Waals surface area (Å²) in [5, 5.41) is 9.03. The first-order valence-electron chi connectivity index (χ1n) is 4.49. The number of rotatable bonds is 1. The number of aromatic carboxylic acids is 1. The minimum atomic E-state index is -0.839. The van der Waals surface area contributed by atoms with Crippen LogP contribution in [-0.2, 0) is 12.2 Å². The predicted octanol–water partition coefficient (Wildman–Crippen LogP) is 1.88. The van der Waals surface area contributed by atoms with Gasteiger partial charge in [0.05, 0.1) is 5.56 Å². The zero-order valence-corrected chi connectivity index (χ0v) is 8.73. The summed E-state index contributed by atoms with van der Waals surface area (Å²) >= 11 is 1.77. The molecular weight excluding hydrogens is 198 g/mol. The van der Waals surface area contributed by atoms with E-state index in [4.69, 9.17) is 5.11 Å². The SMILES string of the molecule is Cc1cc(C(=O)O)c2c(n1)CCSC2. The predicted molar refractivity (Wildman–Crippen MR) is 55.8 cm³/mol. The molecule has 0 saturated heterocycles. The van der Waals surface area contributed by atoms with E-state index in [1.807, 2.05) is 6.92 Å². The van der Waals surface area contributed by atoms with Crippen LogP contribution in [0.2, 0.25) is 0 Å². The molecule has 1 aromatic rings. The van der Waals surface area contributed by atoms with Crippen molar-refractivity contribution in [3.05, 3.63) is 28.6 Å². The number of thioether (sulfide) groups is 1. The first-order chi connectivity index (χ1) is 6.68. The molecule has 0 unspecified atom stereocenters. The fourth-order valence-electron chi connectivity index (χ4n) is 1.67. The number of carboxylic acid groups (broad SMARTS) is 1. The van der Waals surface area contributed by atoms with Crippen molar-refractivity contribution in [3.8, 4) is 0 Å². The van der Waals surface area contributed by atoms with Gasteiger partial charge in [0.25, 0.3) is 0 Å². The van der Waals surface area contributed by atoms with Crippen LogP contribution in [0.25, 0.3) is 0 Å².